The molecule has 0 bridgehead atoms. The van der Waals surface area contributed by atoms with Crippen LogP contribution in [0.15, 0.2) is 47.1 Å². The summed E-state index contributed by atoms with van der Waals surface area (Å²) < 4.78 is 11.8. The zero-order chi connectivity index (χ0) is 23.2. The lowest BCUT2D eigenvalue weighted by atomic mass is 9.50. The van der Waals surface area contributed by atoms with Crippen molar-refractivity contribution in [2.75, 3.05) is 20.8 Å². The number of hydrogen-bond donors (Lipinski definition) is 1. The topological polar surface area (TPSA) is 55.8 Å². The summed E-state index contributed by atoms with van der Waals surface area (Å²) in [6.07, 6.45) is 10.6. The van der Waals surface area contributed by atoms with Crippen molar-refractivity contribution in [1.82, 2.24) is 0 Å². The number of ketones is 1. The first-order chi connectivity index (χ1) is 16.0. The highest BCUT2D eigenvalue weighted by atomic mass is 16.5. The lowest BCUT2D eigenvalue weighted by Crippen LogP contribution is -2.52. The molecule has 0 radical (unpaired) electrons. The standard InChI is InChI=1S/C29H38O4/c1-28-18-25(19-5-9-22(32-2)10-6-19)27-23-12-8-21(31)17-20(23)7-11-24(27)26(28)13-15-29(28,33-3)14-4-16-30/h5-6,9-10,17,24-26,30H,4,7-8,11-16,18H2,1-3H3/t24-,25+,26-,28-,29-/m0/s1. The van der Waals surface area contributed by atoms with Crippen molar-refractivity contribution in [1.29, 1.82) is 0 Å². The van der Waals surface area contributed by atoms with Gasteiger partial charge in [-0.15, -0.1) is 0 Å². The van der Waals surface area contributed by atoms with Gasteiger partial charge in [-0.3, -0.25) is 4.79 Å². The molecule has 33 heavy (non-hydrogen) atoms. The molecule has 0 saturated heterocycles. The fourth-order valence-electron chi connectivity index (χ4n) is 8.09. The Morgan fingerprint density at radius 1 is 1.09 bits per heavy atom. The third-order valence-electron chi connectivity index (χ3n) is 9.67. The summed E-state index contributed by atoms with van der Waals surface area (Å²) in [6.45, 7) is 2.69. The SMILES string of the molecule is COc1ccc([C@H]2C[C@@]3(C)[C@@H](CC[C@]3(CCCO)OC)[C@@H]3CCC4=CC(=O)CCC4=C32)cc1. The van der Waals surface area contributed by atoms with Crippen LogP contribution in [0.1, 0.15) is 76.2 Å². The van der Waals surface area contributed by atoms with Gasteiger partial charge in [0.1, 0.15) is 5.75 Å². The highest BCUT2D eigenvalue weighted by Gasteiger charge is 2.63. The van der Waals surface area contributed by atoms with Gasteiger partial charge < -0.3 is 14.6 Å². The van der Waals surface area contributed by atoms with Gasteiger partial charge in [0.05, 0.1) is 12.7 Å². The molecular weight excluding hydrogens is 412 g/mol. The Balaban J connectivity index is 1.64. The minimum absolute atomic E-state index is 0.0575. The number of benzene rings is 1. The van der Waals surface area contributed by atoms with Gasteiger partial charge >= 0.3 is 0 Å². The largest absolute Gasteiger partial charge is 0.497 e. The molecule has 0 aromatic heterocycles. The molecule has 5 rings (SSSR count). The van der Waals surface area contributed by atoms with Crippen molar-refractivity contribution in [2.45, 2.75) is 76.2 Å². The predicted octanol–water partition coefficient (Wildman–Crippen LogP) is 5.75. The molecule has 1 aromatic rings. The Hall–Kier alpha value is -1.91. The fourth-order valence-corrected chi connectivity index (χ4v) is 8.09. The van der Waals surface area contributed by atoms with Crippen LogP contribution in [0.4, 0.5) is 0 Å². The average molecular weight is 451 g/mol. The molecule has 2 saturated carbocycles. The van der Waals surface area contributed by atoms with E-state index in [0.29, 0.717) is 24.2 Å². The Labute approximate surface area is 198 Å². The van der Waals surface area contributed by atoms with E-state index in [1.54, 1.807) is 12.7 Å². The molecular formula is C29H38O4. The van der Waals surface area contributed by atoms with E-state index in [1.807, 2.05) is 13.2 Å². The number of aliphatic hydroxyl groups is 1. The Morgan fingerprint density at radius 3 is 2.58 bits per heavy atom. The maximum Gasteiger partial charge on any atom is 0.156 e. The van der Waals surface area contributed by atoms with Crippen LogP contribution in [-0.2, 0) is 9.53 Å². The lowest BCUT2D eigenvalue weighted by molar-refractivity contribution is -0.125. The van der Waals surface area contributed by atoms with Gasteiger partial charge in [0, 0.05) is 31.5 Å². The fraction of sp³-hybridized carbons (Fsp3) is 0.621. The second kappa shape index (κ2) is 8.70. The second-order valence-electron chi connectivity index (χ2n) is 10.8. The van der Waals surface area contributed by atoms with E-state index in [4.69, 9.17) is 9.47 Å². The van der Waals surface area contributed by atoms with Gasteiger partial charge in [-0.1, -0.05) is 24.6 Å². The normalized spacial score (nSPS) is 35.6. The number of ether oxygens (including phenoxy) is 2. The average Bonchev–Trinajstić information content (AvgIpc) is 3.14. The third kappa shape index (κ3) is 3.52. The molecule has 4 heteroatoms. The summed E-state index contributed by atoms with van der Waals surface area (Å²) in [5.41, 5.74) is 5.62. The molecule has 0 amide bonds. The summed E-state index contributed by atoms with van der Waals surface area (Å²) in [5, 5.41) is 9.63. The highest BCUT2D eigenvalue weighted by molar-refractivity contribution is 5.93. The smallest absolute Gasteiger partial charge is 0.156 e. The van der Waals surface area contributed by atoms with Crippen molar-refractivity contribution in [3.8, 4) is 5.75 Å². The number of hydrogen-bond acceptors (Lipinski definition) is 4. The van der Waals surface area contributed by atoms with Crippen LogP contribution in [-0.4, -0.2) is 37.3 Å². The van der Waals surface area contributed by atoms with Crippen molar-refractivity contribution in [3.05, 3.63) is 52.6 Å². The van der Waals surface area contributed by atoms with Crippen molar-refractivity contribution >= 4 is 5.78 Å². The van der Waals surface area contributed by atoms with Gasteiger partial charge in [0.2, 0.25) is 0 Å². The number of aliphatic hydroxyl groups excluding tert-OH is 1. The maximum atomic E-state index is 12.2. The van der Waals surface area contributed by atoms with Crippen LogP contribution in [0.3, 0.4) is 0 Å². The minimum atomic E-state index is -0.181. The van der Waals surface area contributed by atoms with E-state index in [9.17, 15) is 9.90 Å². The second-order valence-corrected chi connectivity index (χ2v) is 10.8. The molecule has 1 aromatic carbocycles. The summed E-state index contributed by atoms with van der Waals surface area (Å²) in [5.74, 6) is 2.64. The van der Waals surface area contributed by atoms with Gasteiger partial charge in [-0.05, 0) is 98.1 Å². The molecule has 0 spiro atoms. The van der Waals surface area contributed by atoms with E-state index < -0.39 is 0 Å². The van der Waals surface area contributed by atoms with Crippen molar-refractivity contribution in [3.63, 3.8) is 0 Å². The molecule has 4 aliphatic carbocycles. The van der Waals surface area contributed by atoms with E-state index in [-0.39, 0.29) is 23.4 Å². The molecule has 2 fully saturated rings. The van der Waals surface area contributed by atoms with E-state index in [0.717, 1.165) is 50.7 Å². The third-order valence-corrected chi connectivity index (χ3v) is 9.67. The van der Waals surface area contributed by atoms with Crippen molar-refractivity contribution in [2.24, 2.45) is 17.3 Å². The molecule has 0 heterocycles. The van der Waals surface area contributed by atoms with Gasteiger partial charge in [-0.2, -0.15) is 0 Å². The van der Waals surface area contributed by atoms with E-state index in [2.05, 4.69) is 31.2 Å². The number of fused-ring (bicyclic) bond motifs is 4. The van der Waals surface area contributed by atoms with Gasteiger partial charge in [-0.25, -0.2) is 0 Å². The molecule has 0 unspecified atom stereocenters. The Morgan fingerprint density at radius 2 is 1.88 bits per heavy atom. The number of carbonyl (C=O) groups is 1. The highest BCUT2D eigenvalue weighted by Crippen LogP contribution is 2.68. The first-order valence-electron chi connectivity index (χ1n) is 12.7. The molecule has 1 N–H and O–H groups in total. The molecule has 4 aliphatic rings. The first-order valence-corrected chi connectivity index (χ1v) is 12.7. The minimum Gasteiger partial charge on any atom is -0.497 e. The number of carbonyl (C=O) groups excluding carboxylic acids is 1. The zero-order valence-electron chi connectivity index (χ0n) is 20.4. The summed E-state index contributed by atoms with van der Waals surface area (Å²) in [7, 11) is 3.60. The van der Waals surface area contributed by atoms with Crippen LogP contribution >= 0.6 is 0 Å². The predicted molar refractivity (Wildman–Crippen MR) is 129 cm³/mol. The van der Waals surface area contributed by atoms with E-state index >= 15 is 0 Å². The summed E-state index contributed by atoms with van der Waals surface area (Å²) in [6, 6.07) is 8.64. The van der Waals surface area contributed by atoms with Crippen LogP contribution in [0.2, 0.25) is 0 Å². The molecule has 5 atom stereocenters. The van der Waals surface area contributed by atoms with Crippen LogP contribution < -0.4 is 4.74 Å². The van der Waals surface area contributed by atoms with Crippen LogP contribution in [0.5, 0.6) is 5.75 Å². The van der Waals surface area contributed by atoms with Gasteiger partial charge in [0.25, 0.3) is 0 Å². The quantitative estimate of drug-likeness (QED) is 0.599. The monoisotopic (exact) mass is 450 g/mol. The number of rotatable bonds is 6. The zero-order valence-corrected chi connectivity index (χ0v) is 20.4. The van der Waals surface area contributed by atoms with Crippen molar-refractivity contribution < 1.29 is 19.4 Å². The lowest BCUT2D eigenvalue weighted by Gasteiger charge is -2.56. The Kier molecular flexibility index (Phi) is 6.03. The maximum absolute atomic E-state index is 12.2. The molecule has 0 aliphatic heterocycles. The number of allylic oxidation sites excluding steroid dienone is 4. The number of methoxy groups -OCH3 is 2. The summed E-state index contributed by atoms with van der Waals surface area (Å²) >= 11 is 0. The van der Waals surface area contributed by atoms with Crippen LogP contribution in [0.25, 0.3) is 0 Å². The van der Waals surface area contributed by atoms with Crippen LogP contribution in [0, 0.1) is 17.3 Å². The van der Waals surface area contributed by atoms with E-state index in [1.165, 1.54) is 23.1 Å². The summed E-state index contributed by atoms with van der Waals surface area (Å²) in [4.78, 5) is 12.2. The molecule has 4 nitrogen and oxygen atoms in total. The molecule has 178 valence electrons. The first kappa shape index (κ1) is 22.9. The Bertz CT molecular complexity index is 974. The van der Waals surface area contributed by atoms with Gasteiger partial charge in [0.15, 0.2) is 5.78 Å².